The quantitative estimate of drug-likeness (QED) is 0.563. The van der Waals surface area contributed by atoms with Crippen LogP contribution >= 0.6 is 0 Å². The van der Waals surface area contributed by atoms with Crippen LogP contribution in [0.15, 0.2) is 30.5 Å². The summed E-state index contributed by atoms with van der Waals surface area (Å²) in [5, 5.41) is 18.4. The Bertz CT molecular complexity index is 395. The normalized spacial score (nSPS) is 10.5. The van der Waals surface area contributed by atoms with Crippen molar-refractivity contribution in [2.24, 2.45) is 0 Å². The van der Waals surface area contributed by atoms with Crippen LogP contribution in [-0.4, -0.2) is 15.4 Å². The van der Waals surface area contributed by atoms with Gasteiger partial charge in [-0.15, -0.1) is 5.23 Å². The lowest BCUT2D eigenvalue weighted by Gasteiger charge is -2.06. The number of benzene rings is 1. The molecular weight excluding hydrogens is 156 g/mol. The second-order valence-corrected chi connectivity index (χ2v) is 2.54. The van der Waals surface area contributed by atoms with Crippen molar-refractivity contribution in [3.8, 4) is 0 Å². The van der Waals surface area contributed by atoms with Crippen LogP contribution in [0.1, 0.15) is 0 Å². The molecule has 0 amide bonds. The molecule has 2 aromatic rings. The summed E-state index contributed by atoms with van der Waals surface area (Å²) in [7, 11) is 0. The Hall–Kier alpha value is -1.52. The predicted octanol–water partition coefficient (Wildman–Crippen LogP) is 1.75. The summed E-state index contributed by atoms with van der Waals surface area (Å²) in [6, 6.07) is 6.93. The highest BCUT2D eigenvalue weighted by Crippen LogP contribution is 2.18. The van der Waals surface area contributed by atoms with Gasteiger partial charge in [0.2, 0.25) is 0 Å². The van der Waals surface area contributed by atoms with Gasteiger partial charge in [-0.25, -0.2) is 0 Å². The Morgan fingerprint density at radius 3 is 2.75 bits per heavy atom. The minimum absolute atomic E-state index is 0.104. The van der Waals surface area contributed by atoms with Gasteiger partial charge in [-0.3, -0.25) is 10.4 Å². The minimum atomic E-state index is 0.104. The fourth-order valence-electron chi connectivity index (χ4n) is 1.17. The molecule has 1 aromatic heterocycles. The summed E-state index contributed by atoms with van der Waals surface area (Å²) in [6.45, 7) is 0. The van der Waals surface area contributed by atoms with Gasteiger partial charge in [0, 0.05) is 17.1 Å². The summed E-state index contributed by atoms with van der Waals surface area (Å²) in [6.07, 6.45) is 1.80. The van der Waals surface area contributed by atoms with Gasteiger partial charge in [-0.1, -0.05) is 0 Å². The van der Waals surface area contributed by atoms with Crippen LogP contribution in [-0.2, 0) is 0 Å². The molecule has 2 rings (SSSR count). The average molecular weight is 164 g/mol. The first kappa shape index (κ1) is 7.15. The molecule has 0 unspecified atom stereocenters. The third-order valence-electron chi connectivity index (χ3n) is 1.77. The molecule has 62 valence electrons. The molecule has 1 aromatic carbocycles. The molecule has 4 nitrogen and oxygen atoms in total. The zero-order valence-electron chi connectivity index (χ0n) is 6.23. The molecule has 4 heteroatoms. The van der Waals surface area contributed by atoms with Gasteiger partial charge >= 0.3 is 0 Å². The maximum absolute atomic E-state index is 8.70. The number of nitrogens with zero attached hydrogens (tertiary/aromatic N) is 1. The summed E-state index contributed by atoms with van der Waals surface area (Å²) in [5.41, 5.74) is 1.32. The van der Waals surface area contributed by atoms with E-state index < -0.39 is 0 Å². The fourth-order valence-corrected chi connectivity index (χ4v) is 1.17. The Morgan fingerprint density at radius 1 is 1.17 bits per heavy atom. The first-order valence-corrected chi connectivity index (χ1v) is 3.52. The van der Waals surface area contributed by atoms with E-state index in [1.54, 1.807) is 24.4 Å². The topological polar surface area (TPSA) is 59.5 Å². The van der Waals surface area contributed by atoms with Crippen LogP contribution in [0.3, 0.4) is 0 Å². The fraction of sp³-hybridized carbons (Fsp3) is 0. The monoisotopic (exact) mass is 164 g/mol. The molecule has 3 N–H and O–H groups in total. The molecule has 0 aliphatic carbocycles. The Morgan fingerprint density at radius 2 is 2.00 bits per heavy atom. The van der Waals surface area contributed by atoms with Crippen molar-refractivity contribution in [2.75, 3.05) is 5.23 Å². The number of aromatic amines is 1. The smallest absolute Gasteiger partial charge is 0.0950 e. The molecular formula is C8H8N2O2. The van der Waals surface area contributed by atoms with E-state index in [1.807, 2.05) is 6.07 Å². The Balaban J connectivity index is 2.60. The lowest BCUT2D eigenvalue weighted by molar-refractivity contribution is 0.0292. The highest BCUT2D eigenvalue weighted by atomic mass is 16.8. The second-order valence-electron chi connectivity index (χ2n) is 2.54. The SMILES string of the molecule is ON(O)c1ccc2[nH]ccc2c1. The predicted molar refractivity (Wildman–Crippen MR) is 44.4 cm³/mol. The average Bonchev–Trinajstić information content (AvgIpc) is 2.49. The number of nitrogens with one attached hydrogen (secondary N) is 1. The van der Waals surface area contributed by atoms with Gasteiger partial charge in [0.1, 0.15) is 0 Å². The van der Waals surface area contributed by atoms with Gasteiger partial charge in [0.15, 0.2) is 0 Å². The van der Waals surface area contributed by atoms with Crippen LogP contribution in [0, 0.1) is 0 Å². The second kappa shape index (κ2) is 2.51. The number of hydrogen-bond donors (Lipinski definition) is 3. The Kier molecular flexibility index (Phi) is 1.49. The van der Waals surface area contributed by atoms with Crippen molar-refractivity contribution in [2.45, 2.75) is 0 Å². The van der Waals surface area contributed by atoms with E-state index in [9.17, 15) is 0 Å². The van der Waals surface area contributed by atoms with Crippen molar-refractivity contribution < 1.29 is 10.4 Å². The molecule has 0 fully saturated rings. The molecule has 12 heavy (non-hydrogen) atoms. The number of H-pyrrole nitrogens is 1. The summed E-state index contributed by atoms with van der Waals surface area (Å²) >= 11 is 0. The molecule has 0 saturated carbocycles. The first-order chi connectivity index (χ1) is 5.77. The molecule has 0 aliphatic heterocycles. The van der Waals surface area contributed by atoms with Gasteiger partial charge in [-0.2, -0.15) is 0 Å². The molecule has 0 spiro atoms. The van der Waals surface area contributed by atoms with E-state index in [2.05, 4.69) is 4.98 Å². The van der Waals surface area contributed by atoms with Crippen molar-refractivity contribution in [3.63, 3.8) is 0 Å². The minimum Gasteiger partial charge on any atom is -0.361 e. The molecule has 1 heterocycles. The third kappa shape index (κ3) is 1.03. The zero-order valence-corrected chi connectivity index (χ0v) is 6.23. The number of fused-ring (bicyclic) bond motifs is 1. The zero-order chi connectivity index (χ0) is 8.55. The first-order valence-electron chi connectivity index (χ1n) is 3.52. The van der Waals surface area contributed by atoms with Gasteiger partial charge in [-0.05, 0) is 24.3 Å². The van der Waals surface area contributed by atoms with E-state index in [4.69, 9.17) is 10.4 Å². The highest BCUT2D eigenvalue weighted by molar-refractivity contribution is 5.82. The van der Waals surface area contributed by atoms with Crippen molar-refractivity contribution in [1.82, 2.24) is 4.98 Å². The molecule has 0 bridgehead atoms. The van der Waals surface area contributed by atoms with Gasteiger partial charge in [0.25, 0.3) is 0 Å². The van der Waals surface area contributed by atoms with E-state index in [-0.39, 0.29) is 5.23 Å². The molecule has 0 saturated heterocycles. The van der Waals surface area contributed by atoms with E-state index in [1.165, 1.54) is 0 Å². The van der Waals surface area contributed by atoms with Crippen LogP contribution in [0.25, 0.3) is 10.9 Å². The molecule has 0 radical (unpaired) electrons. The maximum Gasteiger partial charge on any atom is 0.0950 e. The van der Waals surface area contributed by atoms with E-state index in [0.29, 0.717) is 5.69 Å². The van der Waals surface area contributed by atoms with Crippen LogP contribution in [0.4, 0.5) is 5.69 Å². The molecule has 0 atom stereocenters. The van der Waals surface area contributed by atoms with Gasteiger partial charge < -0.3 is 4.98 Å². The summed E-state index contributed by atoms with van der Waals surface area (Å²) in [5.74, 6) is 0. The van der Waals surface area contributed by atoms with E-state index in [0.717, 1.165) is 10.9 Å². The van der Waals surface area contributed by atoms with Crippen LogP contribution in [0.2, 0.25) is 0 Å². The number of rotatable bonds is 1. The lowest BCUT2D eigenvalue weighted by Crippen LogP contribution is -2.10. The maximum atomic E-state index is 8.70. The Labute approximate surface area is 68.6 Å². The van der Waals surface area contributed by atoms with Crippen LogP contribution < -0.4 is 5.23 Å². The largest absolute Gasteiger partial charge is 0.361 e. The van der Waals surface area contributed by atoms with Crippen molar-refractivity contribution in [1.29, 1.82) is 0 Å². The molecule has 0 aliphatic rings. The lowest BCUT2D eigenvalue weighted by atomic mass is 10.2. The van der Waals surface area contributed by atoms with Crippen LogP contribution in [0.5, 0.6) is 0 Å². The van der Waals surface area contributed by atoms with Crippen molar-refractivity contribution in [3.05, 3.63) is 30.5 Å². The summed E-state index contributed by atoms with van der Waals surface area (Å²) in [4.78, 5) is 3.00. The number of anilines is 1. The standard InChI is InChI=1S/C8H8N2O2/c11-10(12)7-1-2-8-6(5-7)3-4-9-8/h1-5,9,11-12H. The summed E-state index contributed by atoms with van der Waals surface area (Å²) < 4.78 is 0. The van der Waals surface area contributed by atoms with E-state index >= 15 is 0 Å². The number of aromatic nitrogens is 1. The third-order valence-corrected chi connectivity index (χ3v) is 1.77. The highest BCUT2D eigenvalue weighted by Gasteiger charge is 2.00. The number of hydrogen-bond acceptors (Lipinski definition) is 3. The van der Waals surface area contributed by atoms with Crippen molar-refractivity contribution >= 4 is 16.6 Å². The van der Waals surface area contributed by atoms with Gasteiger partial charge in [0.05, 0.1) is 5.69 Å².